The first-order valence-electron chi connectivity index (χ1n) is 9.93. The van der Waals surface area contributed by atoms with Crippen LogP contribution in [0.25, 0.3) is 5.69 Å². The molecule has 1 fully saturated rings. The predicted octanol–water partition coefficient (Wildman–Crippen LogP) is 4.51. The molecule has 3 heterocycles. The van der Waals surface area contributed by atoms with E-state index in [1.54, 1.807) is 12.1 Å². The molecule has 152 valence electrons. The van der Waals surface area contributed by atoms with Crippen molar-refractivity contribution in [2.24, 2.45) is 0 Å². The van der Waals surface area contributed by atoms with Gasteiger partial charge < -0.3 is 10.1 Å². The number of rotatable bonds is 4. The average molecular weight is 394 g/mol. The second-order valence-corrected chi connectivity index (χ2v) is 7.45. The van der Waals surface area contributed by atoms with E-state index in [2.05, 4.69) is 15.0 Å². The molecule has 2 aliphatic heterocycles. The zero-order valence-electron chi connectivity index (χ0n) is 15.8. The number of hydrogen-bond donors (Lipinski definition) is 1. The Bertz CT molecular complexity index is 795. The average Bonchev–Trinajstić information content (AvgIpc) is 2.84. The van der Waals surface area contributed by atoms with Gasteiger partial charge in [0.15, 0.2) is 0 Å². The molecule has 0 aliphatic carbocycles. The molecule has 2 aromatic rings. The number of likely N-dealkylation sites (tertiary alicyclic amines) is 1. The molecule has 8 heteroatoms. The van der Waals surface area contributed by atoms with Gasteiger partial charge in [0.2, 0.25) is 0 Å². The van der Waals surface area contributed by atoms with Crippen molar-refractivity contribution in [2.75, 3.05) is 25.0 Å². The van der Waals surface area contributed by atoms with Gasteiger partial charge in [0.05, 0.1) is 11.4 Å². The Hall–Kier alpha value is -2.22. The quantitative estimate of drug-likeness (QED) is 0.829. The Morgan fingerprint density at radius 3 is 2.46 bits per heavy atom. The molecule has 0 unspecified atom stereocenters. The van der Waals surface area contributed by atoms with Gasteiger partial charge in [-0.05, 0) is 69.5 Å². The third-order valence-corrected chi connectivity index (χ3v) is 5.35. The molecule has 0 bridgehead atoms. The maximum absolute atomic E-state index is 12.4. The van der Waals surface area contributed by atoms with Crippen molar-refractivity contribution in [2.45, 2.75) is 51.4 Å². The van der Waals surface area contributed by atoms with Crippen molar-refractivity contribution >= 4 is 5.82 Å². The monoisotopic (exact) mass is 394 g/mol. The van der Waals surface area contributed by atoms with Crippen LogP contribution in [0, 0.1) is 0 Å². The Labute approximate surface area is 162 Å². The van der Waals surface area contributed by atoms with Gasteiger partial charge >= 0.3 is 6.36 Å². The number of halogens is 3. The van der Waals surface area contributed by atoms with Crippen LogP contribution in [-0.4, -0.2) is 40.7 Å². The predicted molar refractivity (Wildman–Crippen MR) is 101 cm³/mol. The maximum atomic E-state index is 12.4. The van der Waals surface area contributed by atoms with E-state index in [4.69, 9.17) is 5.10 Å². The summed E-state index contributed by atoms with van der Waals surface area (Å²) in [4.78, 5) is 2.45. The summed E-state index contributed by atoms with van der Waals surface area (Å²) in [5.74, 6) is 0.741. The van der Waals surface area contributed by atoms with E-state index in [0.29, 0.717) is 0 Å². The number of benzene rings is 1. The van der Waals surface area contributed by atoms with E-state index in [0.717, 1.165) is 62.6 Å². The van der Waals surface area contributed by atoms with Gasteiger partial charge in [-0.1, -0.05) is 6.42 Å². The Morgan fingerprint density at radius 2 is 1.75 bits per heavy atom. The van der Waals surface area contributed by atoms with Crippen molar-refractivity contribution in [3.8, 4) is 11.4 Å². The lowest BCUT2D eigenvalue weighted by atomic mass is 10.1. The summed E-state index contributed by atoms with van der Waals surface area (Å²) in [5.41, 5.74) is 3.03. The lowest BCUT2D eigenvalue weighted by molar-refractivity contribution is -0.274. The fourth-order valence-corrected chi connectivity index (χ4v) is 4.01. The molecule has 1 saturated heterocycles. The van der Waals surface area contributed by atoms with Gasteiger partial charge in [-0.25, -0.2) is 4.68 Å². The number of nitrogens with one attached hydrogen (secondary N) is 1. The lowest BCUT2D eigenvalue weighted by Crippen LogP contribution is -2.29. The smallest absolute Gasteiger partial charge is 0.406 e. The molecule has 2 aliphatic rings. The number of nitrogens with zero attached hydrogens (tertiary/aromatic N) is 3. The summed E-state index contributed by atoms with van der Waals surface area (Å²) >= 11 is 0. The third kappa shape index (κ3) is 4.43. The molecule has 28 heavy (non-hydrogen) atoms. The molecule has 4 rings (SSSR count). The van der Waals surface area contributed by atoms with Crippen LogP contribution in [0.1, 0.15) is 43.4 Å². The SMILES string of the molecule is FC(F)(F)Oc1ccc(-n2nc(CN3CCCCC3)c3c2NCCCC3)cc1. The molecule has 0 spiro atoms. The fraction of sp³-hybridized carbons (Fsp3) is 0.550. The van der Waals surface area contributed by atoms with Crippen LogP contribution in [0.15, 0.2) is 24.3 Å². The van der Waals surface area contributed by atoms with Crippen LogP contribution in [0.2, 0.25) is 0 Å². The molecular weight excluding hydrogens is 369 g/mol. The topological polar surface area (TPSA) is 42.3 Å². The van der Waals surface area contributed by atoms with E-state index < -0.39 is 6.36 Å². The van der Waals surface area contributed by atoms with Crippen LogP contribution in [-0.2, 0) is 13.0 Å². The lowest BCUT2D eigenvalue weighted by Gasteiger charge is -2.25. The normalized spacial score (nSPS) is 18.2. The number of ether oxygens (including phenoxy) is 1. The Balaban J connectivity index is 1.62. The van der Waals surface area contributed by atoms with E-state index in [-0.39, 0.29) is 5.75 Å². The molecule has 0 atom stereocenters. The largest absolute Gasteiger partial charge is 0.573 e. The van der Waals surface area contributed by atoms with Gasteiger partial charge in [0, 0.05) is 18.7 Å². The van der Waals surface area contributed by atoms with Crippen molar-refractivity contribution < 1.29 is 17.9 Å². The van der Waals surface area contributed by atoms with E-state index >= 15 is 0 Å². The van der Waals surface area contributed by atoms with Gasteiger partial charge in [-0.3, -0.25) is 4.90 Å². The number of alkyl halides is 3. The molecular formula is C20H25F3N4O. The molecule has 0 radical (unpaired) electrons. The van der Waals surface area contributed by atoms with Crippen LogP contribution in [0.3, 0.4) is 0 Å². The van der Waals surface area contributed by atoms with Crippen molar-refractivity contribution in [1.29, 1.82) is 0 Å². The summed E-state index contributed by atoms with van der Waals surface area (Å²) in [7, 11) is 0. The highest BCUT2D eigenvalue weighted by atomic mass is 19.4. The van der Waals surface area contributed by atoms with Crippen LogP contribution in [0.5, 0.6) is 5.75 Å². The standard InChI is InChI=1S/C20H25F3N4O/c21-20(22,23)28-16-9-7-15(8-10-16)27-19-17(6-2-3-11-24-19)18(25-27)14-26-12-4-1-5-13-26/h7-10,24H,1-6,11-14H2. The minimum absolute atomic E-state index is 0.226. The van der Waals surface area contributed by atoms with Gasteiger partial charge in [-0.15, -0.1) is 13.2 Å². The molecule has 1 N–H and O–H groups in total. The first-order valence-corrected chi connectivity index (χ1v) is 9.93. The zero-order valence-corrected chi connectivity index (χ0v) is 15.8. The number of aromatic nitrogens is 2. The molecule has 5 nitrogen and oxygen atoms in total. The maximum Gasteiger partial charge on any atom is 0.573 e. The highest BCUT2D eigenvalue weighted by Crippen LogP contribution is 2.30. The molecule has 1 aromatic heterocycles. The molecule has 0 saturated carbocycles. The minimum atomic E-state index is -4.69. The molecule has 1 aromatic carbocycles. The number of piperidine rings is 1. The number of fused-ring (bicyclic) bond motifs is 1. The minimum Gasteiger partial charge on any atom is -0.406 e. The van der Waals surface area contributed by atoms with Crippen molar-refractivity contribution in [1.82, 2.24) is 14.7 Å². The Morgan fingerprint density at radius 1 is 1.00 bits per heavy atom. The fourth-order valence-electron chi connectivity index (χ4n) is 4.01. The highest BCUT2D eigenvalue weighted by molar-refractivity contribution is 5.54. The third-order valence-electron chi connectivity index (χ3n) is 5.35. The summed E-state index contributed by atoms with van der Waals surface area (Å²) in [5, 5.41) is 8.32. The van der Waals surface area contributed by atoms with Crippen LogP contribution >= 0.6 is 0 Å². The zero-order chi connectivity index (χ0) is 19.6. The summed E-state index contributed by atoms with van der Waals surface area (Å²) in [6.45, 7) is 3.89. The summed E-state index contributed by atoms with van der Waals surface area (Å²) in [6, 6.07) is 5.90. The second-order valence-electron chi connectivity index (χ2n) is 7.45. The van der Waals surface area contributed by atoms with Crippen LogP contribution in [0.4, 0.5) is 19.0 Å². The summed E-state index contributed by atoms with van der Waals surface area (Å²) in [6.07, 6.45) is 2.22. The summed E-state index contributed by atoms with van der Waals surface area (Å²) < 4.78 is 43.0. The van der Waals surface area contributed by atoms with Crippen LogP contribution < -0.4 is 10.1 Å². The van der Waals surface area contributed by atoms with Gasteiger partial charge in [0.25, 0.3) is 0 Å². The Kier molecular flexibility index (Phi) is 5.48. The van der Waals surface area contributed by atoms with Crippen molar-refractivity contribution in [3.63, 3.8) is 0 Å². The van der Waals surface area contributed by atoms with Crippen molar-refractivity contribution in [3.05, 3.63) is 35.5 Å². The first-order chi connectivity index (χ1) is 13.5. The van der Waals surface area contributed by atoms with E-state index in [9.17, 15) is 13.2 Å². The van der Waals surface area contributed by atoms with Gasteiger partial charge in [0.1, 0.15) is 11.6 Å². The van der Waals surface area contributed by atoms with E-state index in [1.165, 1.54) is 37.0 Å². The number of anilines is 1. The highest BCUT2D eigenvalue weighted by Gasteiger charge is 2.31. The van der Waals surface area contributed by atoms with E-state index in [1.807, 2.05) is 4.68 Å². The first kappa shape index (κ1) is 19.1. The van der Waals surface area contributed by atoms with Gasteiger partial charge in [-0.2, -0.15) is 5.10 Å². The molecule has 0 amide bonds. The second kappa shape index (κ2) is 8.03. The number of hydrogen-bond acceptors (Lipinski definition) is 4.